The van der Waals surface area contributed by atoms with Crippen molar-refractivity contribution in [2.75, 3.05) is 7.11 Å². The highest BCUT2D eigenvalue weighted by molar-refractivity contribution is 5.92. The van der Waals surface area contributed by atoms with Gasteiger partial charge in [-0.15, -0.1) is 0 Å². The quantitative estimate of drug-likeness (QED) is 0.288. The van der Waals surface area contributed by atoms with Gasteiger partial charge in [0.15, 0.2) is 12.2 Å². The first-order valence-corrected chi connectivity index (χ1v) is 5.47. The number of rotatable bonds is 5. The van der Waals surface area contributed by atoms with Gasteiger partial charge in [0.2, 0.25) is 0 Å². The predicted octanol–water partition coefficient (Wildman–Crippen LogP) is -1.63. The molecule has 0 aliphatic carbocycles. The lowest BCUT2D eigenvalue weighted by Crippen LogP contribution is -2.58. The Bertz CT molecular complexity index is 337. The Labute approximate surface area is 120 Å². The van der Waals surface area contributed by atoms with Gasteiger partial charge in [-0.3, -0.25) is 9.59 Å². The van der Waals surface area contributed by atoms with Crippen molar-refractivity contribution in [3.63, 3.8) is 0 Å². The van der Waals surface area contributed by atoms with Gasteiger partial charge in [-0.2, -0.15) is 0 Å². The van der Waals surface area contributed by atoms with Gasteiger partial charge in [0.25, 0.3) is 0 Å². The van der Waals surface area contributed by atoms with Crippen LogP contribution in [-0.4, -0.2) is 75.3 Å². The standard InChI is InChI=1S/C10H16O9.2H3N/c1-18-10-7(13)6(12)5(11)4(19-10)2-3(8(14)15)9(16)17;;/h3-7,10-13H,2H2,1H3,(H,14,15)(H,16,17);2*1H3/p+2/t4-,5-,6+,7+,10+;;/m1../s1. The molecule has 0 unspecified atom stereocenters. The van der Waals surface area contributed by atoms with Crippen molar-refractivity contribution in [2.24, 2.45) is 5.92 Å². The molecule has 0 bridgehead atoms. The van der Waals surface area contributed by atoms with E-state index in [0.29, 0.717) is 0 Å². The summed E-state index contributed by atoms with van der Waals surface area (Å²) in [4.78, 5) is 21.5. The lowest BCUT2D eigenvalue weighted by atomic mass is 9.91. The molecule has 0 aromatic rings. The third-order valence-corrected chi connectivity index (χ3v) is 2.97. The summed E-state index contributed by atoms with van der Waals surface area (Å²) in [6, 6.07) is 0. The minimum atomic E-state index is -1.79. The average Bonchev–Trinajstić information content (AvgIpc) is 2.34. The molecule has 0 aromatic carbocycles. The molecule has 5 atom stereocenters. The largest absolute Gasteiger partial charge is 0.481 e. The van der Waals surface area contributed by atoms with Crippen molar-refractivity contribution >= 4 is 11.9 Å². The fourth-order valence-electron chi connectivity index (χ4n) is 1.85. The zero-order valence-corrected chi connectivity index (χ0v) is 12.0. The predicted molar refractivity (Wildman–Crippen MR) is 69.0 cm³/mol. The Morgan fingerprint density at radius 1 is 1.05 bits per heavy atom. The summed E-state index contributed by atoms with van der Waals surface area (Å²) in [6.07, 6.45) is -7.85. The van der Waals surface area contributed by atoms with Crippen LogP contribution in [0.1, 0.15) is 6.42 Å². The zero-order valence-electron chi connectivity index (χ0n) is 12.0. The van der Waals surface area contributed by atoms with Gasteiger partial charge >= 0.3 is 11.9 Å². The van der Waals surface area contributed by atoms with E-state index in [4.69, 9.17) is 19.7 Å². The first-order chi connectivity index (χ1) is 8.79. The Morgan fingerprint density at radius 2 is 1.52 bits per heavy atom. The summed E-state index contributed by atoms with van der Waals surface area (Å²) in [5.74, 6) is -4.96. The zero-order chi connectivity index (χ0) is 14.7. The fraction of sp³-hybridized carbons (Fsp3) is 0.800. The highest BCUT2D eigenvalue weighted by atomic mass is 16.7. The number of carbonyl (C=O) groups is 2. The lowest BCUT2D eigenvalue weighted by molar-refractivity contribution is -0.292. The number of quaternary nitrogens is 2. The number of aliphatic carboxylic acids is 2. The van der Waals surface area contributed by atoms with E-state index in [1.807, 2.05) is 0 Å². The average molecular weight is 316 g/mol. The number of methoxy groups -OCH3 is 1. The van der Waals surface area contributed by atoms with E-state index in [2.05, 4.69) is 0 Å². The van der Waals surface area contributed by atoms with Crippen LogP contribution in [0, 0.1) is 5.92 Å². The van der Waals surface area contributed by atoms with Crippen molar-refractivity contribution in [2.45, 2.75) is 37.1 Å². The van der Waals surface area contributed by atoms with Crippen LogP contribution in [0.25, 0.3) is 0 Å². The monoisotopic (exact) mass is 316 g/mol. The maximum absolute atomic E-state index is 10.8. The number of hydrogen-bond donors (Lipinski definition) is 7. The van der Waals surface area contributed by atoms with E-state index in [1.54, 1.807) is 0 Å². The van der Waals surface area contributed by atoms with Crippen LogP contribution in [0.15, 0.2) is 0 Å². The van der Waals surface area contributed by atoms with Crippen LogP contribution in [0.2, 0.25) is 0 Å². The molecule has 11 heteroatoms. The molecule has 1 aliphatic heterocycles. The van der Waals surface area contributed by atoms with Gasteiger partial charge in [-0.25, -0.2) is 0 Å². The normalized spacial score (nSPS) is 32.0. The molecule has 126 valence electrons. The van der Waals surface area contributed by atoms with Gasteiger partial charge in [0, 0.05) is 13.5 Å². The van der Waals surface area contributed by atoms with Crippen LogP contribution in [-0.2, 0) is 19.1 Å². The smallest absolute Gasteiger partial charge is 0.317 e. The second-order valence-electron chi connectivity index (χ2n) is 4.22. The van der Waals surface area contributed by atoms with Crippen molar-refractivity contribution in [1.29, 1.82) is 0 Å². The number of aliphatic hydroxyl groups excluding tert-OH is 3. The van der Waals surface area contributed by atoms with Crippen LogP contribution in [0.4, 0.5) is 0 Å². The van der Waals surface area contributed by atoms with E-state index in [9.17, 15) is 24.9 Å². The summed E-state index contributed by atoms with van der Waals surface area (Å²) in [5.41, 5.74) is 0. The number of carboxylic acids is 2. The molecule has 1 saturated heterocycles. The molecule has 0 radical (unpaired) electrons. The molecule has 0 spiro atoms. The van der Waals surface area contributed by atoms with Gasteiger partial charge in [0.1, 0.15) is 18.3 Å². The molecular formula is C10H24N2O9+2. The van der Waals surface area contributed by atoms with E-state index < -0.39 is 55.0 Å². The lowest BCUT2D eigenvalue weighted by Gasteiger charge is -2.40. The Morgan fingerprint density at radius 3 is 1.90 bits per heavy atom. The summed E-state index contributed by atoms with van der Waals surface area (Å²) >= 11 is 0. The molecule has 1 fully saturated rings. The van der Waals surface area contributed by atoms with E-state index >= 15 is 0 Å². The van der Waals surface area contributed by atoms with Crippen LogP contribution in [0.3, 0.4) is 0 Å². The van der Waals surface area contributed by atoms with Crippen LogP contribution < -0.4 is 12.3 Å². The molecule has 1 heterocycles. The fourth-order valence-corrected chi connectivity index (χ4v) is 1.85. The molecule has 0 saturated carbocycles. The molecule has 1 aliphatic rings. The highest BCUT2D eigenvalue weighted by Crippen LogP contribution is 2.26. The maximum Gasteiger partial charge on any atom is 0.317 e. The maximum atomic E-state index is 10.8. The Balaban J connectivity index is 0. The van der Waals surface area contributed by atoms with E-state index in [0.717, 1.165) is 0 Å². The van der Waals surface area contributed by atoms with Crippen molar-refractivity contribution < 1.29 is 44.6 Å². The molecular weight excluding hydrogens is 292 g/mol. The molecule has 0 amide bonds. The van der Waals surface area contributed by atoms with Crippen LogP contribution in [0.5, 0.6) is 0 Å². The first kappa shape index (κ1) is 21.9. The third kappa shape index (κ3) is 4.86. The second kappa shape index (κ2) is 8.84. The summed E-state index contributed by atoms with van der Waals surface area (Å²) < 4.78 is 9.77. The van der Waals surface area contributed by atoms with E-state index in [1.165, 1.54) is 7.11 Å². The number of ether oxygens (including phenoxy) is 2. The molecule has 11 nitrogen and oxygen atoms in total. The Kier molecular flexibility index (Phi) is 9.24. The Hall–Kier alpha value is -1.34. The molecule has 13 N–H and O–H groups in total. The SMILES string of the molecule is CO[C@H]1O[C@H](CC(C(=O)O)C(=O)O)[C@@H](O)[C@H](O)[C@@H]1O.[NH4+].[NH4+]. The molecule has 0 aromatic heterocycles. The van der Waals surface area contributed by atoms with Crippen molar-refractivity contribution in [3.05, 3.63) is 0 Å². The second-order valence-corrected chi connectivity index (χ2v) is 4.22. The number of carboxylic acid groups (broad SMARTS) is 2. The van der Waals surface area contributed by atoms with Crippen molar-refractivity contribution in [1.82, 2.24) is 12.3 Å². The van der Waals surface area contributed by atoms with E-state index in [-0.39, 0.29) is 12.3 Å². The molecule has 1 rings (SSSR count). The minimum Gasteiger partial charge on any atom is -0.481 e. The van der Waals surface area contributed by atoms with Crippen LogP contribution >= 0.6 is 0 Å². The topological polar surface area (TPSA) is 227 Å². The van der Waals surface area contributed by atoms with Gasteiger partial charge in [-0.05, 0) is 0 Å². The number of hydrogen-bond acceptors (Lipinski definition) is 7. The first-order valence-electron chi connectivity index (χ1n) is 5.47. The van der Waals surface area contributed by atoms with Gasteiger partial charge in [-0.1, -0.05) is 0 Å². The number of aliphatic hydroxyl groups is 3. The van der Waals surface area contributed by atoms with Gasteiger partial charge < -0.3 is 47.3 Å². The van der Waals surface area contributed by atoms with Gasteiger partial charge in [0.05, 0.1) is 6.10 Å². The highest BCUT2D eigenvalue weighted by Gasteiger charge is 2.46. The summed E-state index contributed by atoms with van der Waals surface area (Å²) in [5, 5.41) is 46.2. The summed E-state index contributed by atoms with van der Waals surface area (Å²) in [6.45, 7) is 0. The third-order valence-electron chi connectivity index (χ3n) is 2.97. The minimum absolute atomic E-state index is 0. The summed E-state index contributed by atoms with van der Waals surface area (Å²) in [7, 11) is 1.18. The van der Waals surface area contributed by atoms with Crippen molar-refractivity contribution in [3.8, 4) is 0 Å². The molecule has 21 heavy (non-hydrogen) atoms.